The van der Waals surface area contributed by atoms with E-state index < -0.39 is 38.4 Å². The first kappa shape index (κ1) is 13.0. The lowest BCUT2D eigenvalue weighted by Crippen LogP contribution is -2.59. The molecule has 0 aromatic carbocycles. The van der Waals surface area contributed by atoms with Crippen LogP contribution in [0.2, 0.25) is 0 Å². The number of hydrogen-bond acceptors (Lipinski definition) is 6. The molecule has 0 saturated carbocycles. The van der Waals surface area contributed by atoms with E-state index in [0.29, 0.717) is 0 Å². The molecular formula is C10H12N4O5S. The standard InChI is InChI=1S/C10H12N4O5S/c1-12-2-3-13(11-12)5-6-9(10(16)17)14-7(15)4-8(14)20(6,18)19/h2-3,6,8-9H,4-5H2,1H3. The molecule has 2 saturated heterocycles. The van der Waals surface area contributed by atoms with Gasteiger partial charge in [0.25, 0.3) is 0 Å². The van der Waals surface area contributed by atoms with E-state index in [2.05, 4.69) is 5.21 Å². The van der Waals surface area contributed by atoms with Crippen LogP contribution in [0.15, 0.2) is 12.4 Å². The van der Waals surface area contributed by atoms with Crippen molar-refractivity contribution < 1.29 is 27.8 Å². The van der Waals surface area contributed by atoms with Gasteiger partial charge in [-0.3, -0.25) is 4.79 Å². The highest BCUT2D eigenvalue weighted by atomic mass is 32.2. The average molecular weight is 300 g/mol. The van der Waals surface area contributed by atoms with Gasteiger partial charge in [0.15, 0.2) is 22.2 Å². The molecule has 1 amide bonds. The summed E-state index contributed by atoms with van der Waals surface area (Å²) in [6.07, 6.45) is 2.99. The van der Waals surface area contributed by atoms with E-state index in [1.165, 1.54) is 9.36 Å². The van der Waals surface area contributed by atoms with Crippen LogP contribution in [0.4, 0.5) is 0 Å². The van der Waals surface area contributed by atoms with Crippen LogP contribution in [-0.2, 0) is 33.0 Å². The molecule has 3 heterocycles. The highest BCUT2D eigenvalue weighted by Gasteiger charge is 2.62. The maximum absolute atomic E-state index is 12.3. The normalized spacial score (nSPS) is 30.9. The zero-order valence-electron chi connectivity index (χ0n) is 10.5. The molecule has 2 fully saturated rings. The summed E-state index contributed by atoms with van der Waals surface area (Å²) in [5.41, 5.74) is 0. The zero-order chi connectivity index (χ0) is 14.7. The van der Waals surface area contributed by atoms with Crippen LogP contribution in [0, 0.1) is 0 Å². The minimum absolute atomic E-state index is 0.123. The molecule has 0 radical (unpaired) electrons. The molecule has 3 rings (SSSR count). The van der Waals surface area contributed by atoms with Crippen molar-refractivity contribution in [3.63, 3.8) is 0 Å². The number of sulfone groups is 1. The van der Waals surface area contributed by atoms with E-state index in [1.807, 2.05) is 0 Å². The second-order valence-electron chi connectivity index (χ2n) is 4.93. The van der Waals surface area contributed by atoms with Crippen molar-refractivity contribution in [2.24, 2.45) is 7.05 Å². The van der Waals surface area contributed by atoms with Crippen molar-refractivity contribution >= 4 is 21.7 Å². The minimum Gasteiger partial charge on any atom is -0.548 e. The van der Waals surface area contributed by atoms with E-state index >= 15 is 0 Å². The summed E-state index contributed by atoms with van der Waals surface area (Å²) in [5.74, 6) is -2.02. The Morgan fingerprint density at radius 2 is 2.30 bits per heavy atom. The third kappa shape index (κ3) is 1.64. The summed E-state index contributed by atoms with van der Waals surface area (Å²) in [4.78, 5) is 23.6. The second kappa shape index (κ2) is 4.01. The number of carboxylic acid groups (broad SMARTS) is 1. The third-order valence-corrected chi connectivity index (χ3v) is 6.12. The number of fused-ring (bicyclic) bond motifs is 1. The van der Waals surface area contributed by atoms with Gasteiger partial charge >= 0.3 is 0 Å². The molecule has 0 aliphatic carbocycles. The molecule has 108 valence electrons. The number of aromatic nitrogens is 3. The second-order valence-corrected chi connectivity index (χ2v) is 7.26. The fraction of sp³-hybridized carbons (Fsp3) is 0.600. The number of carbonyl (C=O) groups excluding carboxylic acids is 2. The Morgan fingerprint density at radius 3 is 2.80 bits per heavy atom. The highest BCUT2D eigenvalue weighted by Crippen LogP contribution is 2.39. The Kier molecular flexibility index (Phi) is 2.61. The average Bonchev–Trinajstić information content (AvgIpc) is 2.81. The number of carbonyl (C=O) groups is 2. The molecule has 0 N–H and O–H groups in total. The van der Waals surface area contributed by atoms with Crippen LogP contribution in [0.1, 0.15) is 6.42 Å². The molecule has 10 heteroatoms. The number of aliphatic carboxylic acids is 1. The van der Waals surface area contributed by atoms with E-state index in [4.69, 9.17) is 0 Å². The van der Waals surface area contributed by atoms with Crippen LogP contribution in [0.25, 0.3) is 0 Å². The molecule has 3 unspecified atom stereocenters. The summed E-state index contributed by atoms with van der Waals surface area (Å²) in [7, 11) is -2.07. The molecule has 2 aliphatic rings. The van der Waals surface area contributed by atoms with Crippen molar-refractivity contribution in [2.45, 2.75) is 29.6 Å². The van der Waals surface area contributed by atoms with Crippen LogP contribution >= 0.6 is 0 Å². The monoisotopic (exact) mass is 300 g/mol. The molecule has 3 atom stereocenters. The first-order valence-corrected chi connectivity index (χ1v) is 7.57. The Balaban J connectivity index is 1.98. The van der Waals surface area contributed by atoms with Gasteiger partial charge in [0.2, 0.25) is 5.91 Å². The lowest BCUT2D eigenvalue weighted by molar-refractivity contribution is -0.732. The first-order chi connectivity index (χ1) is 9.32. The third-order valence-electron chi connectivity index (χ3n) is 3.72. The first-order valence-electron chi connectivity index (χ1n) is 5.96. The van der Waals surface area contributed by atoms with Crippen LogP contribution in [-0.4, -0.2) is 51.8 Å². The SMILES string of the molecule is C[n+]1ccn(CC2C(C(=O)[O-])N3C(=O)CC3S2(=O)=O)n1. The lowest BCUT2D eigenvalue weighted by atomic mass is 10.1. The predicted octanol–water partition coefficient (Wildman–Crippen LogP) is -3.82. The zero-order valence-corrected chi connectivity index (χ0v) is 11.4. The minimum atomic E-state index is -3.73. The fourth-order valence-corrected chi connectivity index (χ4v) is 5.04. The topological polar surface area (TPSA) is 116 Å². The molecule has 9 nitrogen and oxygen atoms in total. The summed E-state index contributed by atoms with van der Waals surface area (Å²) < 4.78 is 27.4. The fourth-order valence-electron chi connectivity index (χ4n) is 2.74. The molecule has 1 aromatic rings. The lowest BCUT2D eigenvalue weighted by Gasteiger charge is -2.37. The van der Waals surface area contributed by atoms with E-state index in [0.717, 1.165) is 4.90 Å². The number of β-lactam (4-membered cyclic amide) rings is 1. The van der Waals surface area contributed by atoms with Gasteiger partial charge in [-0.2, -0.15) is 0 Å². The van der Waals surface area contributed by atoms with Gasteiger partial charge in [0, 0.05) is 0 Å². The highest BCUT2D eigenvalue weighted by molar-refractivity contribution is 7.93. The number of rotatable bonds is 3. The van der Waals surface area contributed by atoms with Crippen molar-refractivity contribution in [1.29, 1.82) is 0 Å². The Morgan fingerprint density at radius 1 is 1.60 bits per heavy atom. The van der Waals surface area contributed by atoms with Gasteiger partial charge < -0.3 is 14.8 Å². The number of nitrogens with zero attached hydrogens (tertiary/aromatic N) is 4. The van der Waals surface area contributed by atoms with Gasteiger partial charge in [0.1, 0.15) is 24.2 Å². The van der Waals surface area contributed by atoms with Crippen molar-refractivity contribution in [2.75, 3.05) is 0 Å². The Bertz CT molecular complexity index is 696. The van der Waals surface area contributed by atoms with Crippen molar-refractivity contribution in [1.82, 2.24) is 14.8 Å². The van der Waals surface area contributed by atoms with E-state index in [9.17, 15) is 23.1 Å². The number of carboxylic acids is 1. The van der Waals surface area contributed by atoms with Crippen molar-refractivity contribution in [3.05, 3.63) is 12.4 Å². The van der Waals surface area contributed by atoms with Gasteiger partial charge in [-0.05, 0) is 0 Å². The van der Waals surface area contributed by atoms with Crippen LogP contribution in [0.3, 0.4) is 0 Å². The van der Waals surface area contributed by atoms with Crippen LogP contribution < -0.4 is 9.79 Å². The summed E-state index contributed by atoms with van der Waals surface area (Å²) in [6, 6.07) is -1.44. The van der Waals surface area contributed by atoms with E-state index in [-0.39, 0.29) is 13.0 Å². The van der Waals surface area contributed by atoms with Gasteiger partial charge in [-0.25, -0.2) is 8.42 Å². The Hall–Kier alpha value is -1.97. The van der Waals surface area contributed by atoms with Gasteiger partial charge in [-0.15, -0.1) is 9.36 Å². The van der Waals surface area contributed by atoms with Crippen LogP contribution in [0.5, 0.6) is 0 Å². The molecular weight excluding hydrogens is 288 g/mol. The quantitative estimate of drug-likeness (QED) is 0.417. The van der Waals surface area contributed by atoms with Crippen molar-refractivity contribution in [3.8, 4) is 0 Å². The maximum atomic E-state index is 12.3. The Labute approximate surface area is 114 Å². The summed E-state index contributed by atoms with van der Waals surface area (Å²) >= 11 is 0. The van der Waals surface area contributed by atoms with E-state index in [1.54, 1.807) is 19.4 Å². The molecule has 2 aliphatic heterocycles. The number of hydrogen-bond donors (Lipinski definition) is 0. The summed E-state index contributed by atoms with van der Waals surface area (Å²) in [5, 5.41) is 12.9. The molecule has 20 heavy (non-hydrogen) atoms. The molecule has 0 spiro atoms. The predicted molar refractivity (Wildman–Crippen MR) is 60.2 cm³/mol. The maximum Gasteiger partial charge on any atom is 0.227 e. The summed E-state index contributed by atoms with van der Waals surface area (Å²) in [6.45, 7) is -0.123. The largest absolute Gasteiger partial charge is 0.548 e. The van der Waals surface area contributed by atoms with Gasteiger partial charge in [0.05, 0.1) is 23.6 Å². The number of aryl methyl sites for hydroxylation is 1. The molecule has 0 bridgehead atoms. The molecule has 1 aromatic heterocycles. The van der Waals surface area contributed by atoms with Gasteiger partial charge in [-0.1, -0.05) is 0 Å². The number of amides is 1. The smallest absolute Gasteiger partial charge is 0.227 e.